The molecule has 0 fully saturated rings. The number of benzene rings is 1. The Morgan fingerprint density at radius 2 is 2.08 bits per heavy atom. The highest BCUT2D eigenvalue weighted by Crippen LogP contribution is 2.15. The third-order valence-electron chi connectivity index (χ3n) is 2.92. The van der Waals surface area contributed by atoms with E-state index in [0.717, 1.165) is 6.07 Å². The second-order valence-corrected chi connectivity index (χ2v) is 5.14. The number of anilines is 1. The summed E-state index contributed by atoms with van der Waals surface area (Å²) in [5, 5.41) is 13.6. The lowest BCUT2D eigenvalue weighted by Gasteiger charge is -2.13. The van der Waals surface area contributed by atoms with Crippen LogP contribution in [0.25, 0.3) is 0 Å². The fourth-order valence-corrected chi connectivity index (χ4v) is 1.82. The number of nitrogens with one attached hydrogen (secondary N) is 1. The number of rotatable bonds is 5. The Morgan fingerprint density at radius 1 is 1.33 bits per heavy atom. The van der Waals surface area contributed by atoms with Gasteiger partial charge in [-0.15, -0.1) is 0 Å². The first-order valence-corrected chi connectivity index (χ1v) is 7.12. The highest BCUT2D eigenvalue weighted by Gasteiger charge is 2.20. The van der Waals surface area contributed by atoms with Crippen molar-refractivity contribution in [3.05, 3.63) is 63.3 Å². The van der Waals surface area contributed by atoms with Gasteiger partial charge in [0.25, 0.3) is 11.6 Å². The summed E-state index contributed by atoms with van der Waals surface area (Å²) in [5.74, 6) is -1.18. The van der Waals surface area contributed by atoms with E-state index in [1.165, 1.54) is 37.4 Å². The first-order chi connectivity index (χ1) is 11.4. The zero-order chi connectivity index (χ0) is 17.7. The molecular weight excluding hydrogens is 338 g/mol. The van der Waals surface area contributed by atoms with Gasteiger partial charge in [-0.1, -0.05) is 17.7 Å². The van der Waals surface area contributed by atoms with Gasteiger partial charge in [0.05, 0.1) is 15.5 Å². The molecular formula is C15H12ClN3O5. The number of aromatic nitrogens is 1. The molecule has 0 aliphatic carbocycles. The van der Waals surface area contributed by atoms with Crippen molar-refractivity contribution in [3.63, 3.8) is 0 Å². The van der Waals surface area contributed by atoms with Crippen molar-refractivity contribution < 1.29 is 19.2 Å². The lowest BCUT2D eigenvalue weighted by atomic mass is 10.2. The van der Waals surface area contributed by atoms with Crippen LogP contribution < -0.4 is 5.32 Å². The van der Waals surface area contributed by atoms with Gasteiger partial charge in [0.1, 0.15) is 5.82 Å². The zero-order valence-electron chi connectivity index (χ0n) is 12.4. The number of non-ortho nitro benzene ring substituents is 1. The van der Waals surface area contributed by atoms with E-state index in [0.29, 0.717) is 5.02 Å². The Hall–Kier alpha value is -3.00. The van der Waals surface area contributed by atoms with E-state index in [4.69, 9.17) is 16.3 Å². The Morgan fingerprint density at radius 3 is 2.71 bits per heavy atom. The number of amides is 1. The Bertz CT molecular complexity index is 779. The molecule has 0 bridgehead atoms. The van der Waals surface area contributed by atoms with Crippen molar-refractivity contribution in [2.24, 2.45) is 0 Å². The van der Waals surface area contributed by atoms with Gasteiger partial charge >= 0.3 is 5.97 Å². The van der Waals surface area contributed by atoms with Crippen LogP contribution in [-0.2, 0) is 9.53 Å². The molecule has 1 N–H and O–H groups in total. The highest BCUT2D eigenvalue weighted by atomic mass is 35.5. The number of nitro groups is 1. The van der Waals surface area contributed by atoms with Crippen LogP contribution >= 0.6 is 11.6 Å². The lowest BCUT2D eigenvalue weighted by molar-refractivity contribution is -0.384. The zero-order valence-corrected chi connectivity index (χ0v) is 13.2. The van der Waals surface area contributed by atoms with Gasteiger partial charge in [-0.05, 0) is 25.1 Å². The van der Waals surface area contributed by atoms with Crippen LogP contribution in [-0.4, -0.2) is 27.9 Å². The fourth-order valence-electron chi connectivity index (χ4n) is 1.71. The van der Waals surface area contributed by atoms with Crippen LogP contribution in [0.4, 0.5) is 11.5 Å². The van der Waals surface area contributed by atoms with Crippen molar-refractivity contribution in [2.45, 2.75) is 13.0 Å². The minimum Gasteiger partial charge on any atom is -0.449 e. The molecule has 1 heterocycles. The summed E-state index contributed by atoms with van der Waals surface area (Å²) in [4.78, 5) is 37.9. The number of carbonyl (C=O) groups excluding carboxylic acids is 2. The van der Waals surface area contributed by atoms with Crippen LogP contribution in [0.1, 0.15) is 17.3 Å². The van der Waals surface area contributed by atoms with Gasteiger partial charge in [0, 0.05) is 18.3 Å². The summed E-state index contributed by atoms with van der Waals surface area (Å²) in [6.07, 6.45) is 0.242. The minimum atomic E-state index is -1.12. The number of ether oxygens (including phenoxy) is 1. The van der Waals surface area contributed by atoms with Gasteiger partial charge in [0.15, 0.2) is 6.10 Å². The number of nitro benzene ring substituents is 1. The maximum Gasteiger partial charge on any atom is 0.339 e. The second-order valence-electron chi connectivity index (χ2n) is 4.71. The molecule has 1 unspecified atom stereocenters. The number of halogens is 1. The second kappa shape index (κ2) is 7.51. The van der Waals surface area contributed by atoms with Crippen LogP contribution in [0.3, 0.4) is 0 Å². The molecule has 1 aromatic carbocycles. The third-order valence-corrected chi connectivity index (χ3v) is 3.15. The minimum absolute atomic E-state index is 0.0199. The van der Waals surface area contributed by atoms with E-state index in [2.05, 4.69) is 10.3 Å². The third kappa shape index (κ3) is 4.50. The lowest BCUT2D eigenvalue weighted by Crippen LogP contribution is -2.30. The van der Waals surface area contributed by atoms with Gasteiger partial charge in [0.2, 0.25) is 0 Å². The molecule has 2 aromatic rings. The summed E-state index contributed by atoms with van der Waals surface area (Å²) in [6, 6.07) is 8.09. The first kappa shape index (κ1) is 17.4. The fraction of sp³-hybridized carbons (Fsp3) is 0.133. The van der Waals surface area contributed by atoms with Gasteiger partial charge in [-0.3, -0.25) is 14.9 Å². The molecule has 9 heteroatoms. The molecule has 1 aromatic heterocycles. The molecule has 8 nitrogen and oxygen atoms in total. The summed E-state index contributed by atoms with van der Waals surface area (Å²) in [6.45, 7) is 1.38. The monoisotopic (exact) mass is 349 g/mol. The van der Waals surface area contributed by atoms with E-state index in [1.807, 2.05) is 0 Å². The summed E-state index contributed by atoms with van der Waals surface area (Å²) < 4.78 is 5.00. The molecule has 0 radical (unpaired) electrons. The largest absolute Gasteiger partial charge is 0.449 e. The number of nitrogens with zero attached hydrogens (tertiary/aromatic N) is 2. The summed E-state index contributed by atoms with van der Waals surface area (Å²) in [5.41, 5.74) is -0.264. The Kier molecular flexibility index (Phi) is 5.43. The number of hydrogen-bond donors (Lipinski definition) is 1. The SMILES string of the molecule is CC(OC(=O)c1cccc([N+](=O)[O-])c1)C(=O)Nc1ccc(Cl)cn1. The van der Waals surface area contributed by atoms with Crippen LogP contribution in [0.2, 0.25) is 5.02 Å². The Labute approximate surface area is 141 Å². The van der Waals surface area contributed by atoms with Crippen LogP contribution in [0, 0.1) is 10.1 Å². The molecule has 0 saturated carbocycles. The number of pyridine rings is 1. The molecule has 0 spiro atoms. The summed E-state index contributed by atoms with van der Waals surface area (Å²) in [7, 11) is 0. The maximum atomic E-state index is 12.0. The van der Waals surface area contributed by atoms with E-state index >= 15 is 0 Å². The van der Waals surface area contributed by atoms with E-state index in [-0.39, 0.29) is 17.1 Å². The van der Waals surface area contributed by atoms with Crippen LogP contribution in [0.15, 0.2) is 42.6 Å². The van der Waals surface area contributed by atoms with Gasteiger partial charge < -0.3 is 10.1 Å². The molecule has 1 amide bonds. The Balaban J connectivity index is 2.00. The highest BCUT2D eigenvalue weighted by molar-refractivity contribution is 6.30. The van der Waals surface area contributed by atoms with Gasteiger partial charge in [-0.2, -0.15) is 0 Å². The standard InChI is InChI=1S/C15H12ClN3O5/c1-9(14(20)18-13-6-5-11(16)8-17-13)24-15(21)10-3-2-4-12(7-10)19(22)23/h2-9H,1H3,(H,17,18,20). The normalized spacial score (nSPS) is 11.4. The van der Waals surface area contributed by atoms with Crippen molar-refractivity contribution in [1.29, 1.82) is 0 Å². The molecule has 1 atom stereocenters. The van der Waals surface area contributed by atoms with E-state index in [1.54, 1.807) is 6.07 Å². The van der Waals surface area contributed by atoms with Crippen molar-refractivity contribution >= 4 is 35.0 Å². The topological polar surface area (TPSA) is 111 Å². The quantitative estimate of drug-likeness (QED) is 0.504. The smallest absolute Gasteiger partial charge is 0.339 e. The molecule has 0 aliphatic rings. The van der Waals surface area contributed by atoms with Crippen molar-refractivity contribution in [1.82, 2.24) is 4.98 Å². The maximum absolute atomic E-state index is 12.0. The molecule has 0 saturated heterocycles. The van der Waals surface area contributed by atoms with Crippen molar-refractivity contribution in [3.8, 4) is 0 Å². The number of carbonyl (C=O) groups is 2. The average Bonchev–Trinajstić information content (AvgIpc) is 2.56. The first-order valence-electron chi connectivity index (χ1n) is 6.74. The molecule has 0 aliphatic heterocycles. The average molecular weight is 350 g/mol. The van der Waals surface area contributed by atoms with Gasteiger partial charge in [-0.25, -0.2) is 9.78 Å². The van der Waals surface area contributed by atoms with Crippen molar-refractivity contribution in [2.75, 3.05) is 5.32 Å². The van der Waals surface area contributed by atoms with E-state index in [9.17, 15) is 19.7 Å². The molecule has 24 heavy (non-hydrogen) atoms. The molecule has 124 valence electrons. The number of esters is 1. The predicted molar refractivity (Wildman–Crippen MR) is 85.9 cm³/mol. The van der Waals surface area contributed by atoms with E-state index < -0.39 is 22.9 Å². The number of hydrogen-bond acceptors (Lipinski definition) is 6. The van der Waals surface area contributed by atoms with Crippen LogP contribution in [0.5, 0.6) is 0 Å². The molecule has 2 rings (SSSR count). The summed E-state index contributed by atoms with van der Waals surface area (Å²) >= 11 is 5.69. The predicted octanol–water partition coefficient (Wildman–Crippen LogP) is 2.83.